The van der Waals surface area contributed by atoms with Crippen LogP contribution in [-0.2, 0) is 0 Å². The van der Waals surface area contributed by atoms with Crippen molar-refractivity contribution in [3.05, 3.63) is 23.1 Å². The summed E-state index contributed by atoms with van der Waals surface area (Å²) in [4.78, 5) is 6.49. The summed E-state index contributed by atoms with van der Waals surface area (Å²) in [6, 6.07) is 0. The number of aliphatic hydroxyl groups excluding tert-OH is 1. The number of thiazole rings is 1. The van der Waals surface area contributed by atoms with Crippen LogP contribution in [0.2, 0.25) is 0 Å². The lowest BCUT2D eigenvalue weighted by Gasteiger charge is -2.30. The first-order valence-electron chi connectivity index (χ1n) is 6.21. The molecule has 4 heteroatoms. The topological polar surface area (TPSA) is 37.5 Å². The molecule has 0 spiro atoms. The lowest BCUT2D eigenvalue weighted by molar-refractivity contribution is 0.0364. The lowest BCUT2D eigenvalue weighted by Crippen LogP contribution is -2.23. The molecule has 1 aliphatic rings. The Kier molecular flexibility index (Phi) is 2.52. The fourth-order valence-electron chi connectivity index (χ4n) is 3.03. The molecule has 2 aromatic rings. The molecule has 1 aliphatic carbocycles. The monoisotopic (exact) mass is 250 g/mol. The lowest BCUT2D eigenvalue weighted by atomic mass is 9.81. The molecular formula is C13H18N2OS. The maximum absolute atomic E-state index is 10.7. The van der Waals surface area contributed by atoms with Crippen molar-refractivity contribution >= 4 is 16.2 Å². The summed E-state index contributed by atoms with van der Waals surface area (Å²) in [5.74, 6) is 0. The van der Waals surface area contributed by atoms with E-state index in [1.165, 1.54) is 17.7 Å². The molecule has 0 bridgehead atoms. The number of aliphatic hydroxyl groups is 1. The number of hydrogen-bond acceptors (Lipinski definition) is 3. The fourth-order valence-corrected chi connectivity index (χ4v) is 4.01. The van der Waals surface area contributed by atoms with Crippen LogP contribution in [0.15, 0.2) is 12.5 Å². The molecule has 0 radical (unpaired) electrons. The predicted molar refractivity (Wildman–Crippen MR) is 69.3 cm³/mol. The summed E-state index contributed by atoms with van der Waals surface area (Å²) >= 11 is 1.71. The molecule has 1 saturated carbocycles. The molecule has 1 fully saturated rings. The van der Waals surface area contributed by atoms with Gasteiger partial charge >= 0.3 is 0 Å². The summed E-state index contributed by atoms with van der Waals surface area (Å²) in [5, 5.41) is 10.7. The Morgan fingerprint density at radius 1 is 1.47 bits per heavy atom. The van der Waals surface area contributed by atoms with E-state index in [2.05, 4.69) is 18.8 Å². The average molecular weight is 250 g/mol. The predicted octanol–water partition coefficient (Wildman–Crippen LogP) is 3.32. The Morgan fingerprint density at radius 2 is 2.18 bits per heavy atom. The fraction of sp³-hybridized carbons (Fsp3) is 0.615. The van der Waals surface area contributed by atoms with Crippen molar-refractivity contribution in [1.82, 2.24) is 9.38 Å². The Morgan fingerprint density at radius 3 is 2.88 bits per heavy atom. The number of aromatic nitrogens is 2. The summed E-state index contributed by atoms with van der Waals surface area (Å²) in [6.07, 6.45) is 8.04. The van der Waals surface area contributed by atoms with Crippen LogP contribution in [0.1, 0.15) is 49.3 Å². The van der Waals surface area contributed by atoms with Gasteiger partial charge in [-0.1, -0.05) is 19.8 Å². The second kappa shape index (κ2) is 3.82. The first kappa shape index (κ1) is 11.2. The SMILES string of the molecule is Cc1sc2cncn2c1C(O)C1(C)CCCC1. The van der Waals surface area contributed by atoms with Gasteiger partial charge in [-0.3, -0.25) is 4.40 Å². The maximum atomic E-state index is 10.7. The third-order valence-electron chi connectivity index (χ3n) is 4.15. The van der Waals surface area contributed by atoms with Crippen LogP contribution in [-0.4, -0.2) is 14.5 Å². The van der Waals surface area contributed by atoms with E-state index in [0.717, 1.165) is 23.4 Å². The molecule has 3 rings (SSSR count). The minimum atomic E-state index is -0.368. The second-order valence-electron chi connectivity index (χ2n) is 5.41. The number of fused-ring (bicyclic) bond motifs is 1. The third kappa shape index (κ3) is 1.62. The molecule has 1 atom stereocenters. The van der Waals surface area contributed by atoms with Gasteiger partial charge in [0.25, 0.3) is 0 Å². The van der Waals surface area contributed by atoms with E-state index in [0.29, 0.717) is 0 Å². The highest BCUT2D eigenvalue weighted by molar-refractivity contribution is 7.17. The summed E-state index contributed by atoms with van der Waals surface area (Å²) in [5.41, 5.74) is 1.09. The van der Waals surface area contributed by atoms with Crippen molar-refractivity contribution in [3.63, 3.8) is 0 Å². The molecule has 17 heavy (non-hydrogen) atoms. The van der Waals surface area contributed by atoms with E-state index in [9.17, 15) is 5.11 Å². The first-order chi connectivity index (χ1) is 8.12. The summed E-state index contributed by atoms with van der Waals surface area (Å²) < 4.78 is 2.05. The maximum Gasteiger partial charge on any atom is 0.120 e. The van der Waals surface area contributed by atoms with E-state index in [-0.39, 0.29) is 11.5 Å². The van der Waals surface area contributed by atoms with Gasteiger partial charge in [0.05, 0.1) is 11.9 Å². The summed E-state index contributed by atoms with van der Waals surface area (Å²) in [6.45, 7) is 4.30. The van der Waals surface area contributed by atoms with Crippen molar-refractivity contribution in [2.45, 2.75) is 45.6 Å². The standard InChI is InChI=1S/C13H18N2OS/c1-9-11(15-8-14-7-10(15)17-9)12(16)13(2)5-3-4-6-13/h7-8,12,16H,3-6H2,1-2H3. The minimum absolute atomic E-state index is 0.0447. The van der Waals surface area contributed by atoms with Gasteiger partial charge in [-0.2, -0.15) is 0 Å². The first-order valence-corrected chi connectivity index (χ1v) is 7.03. The Hall–Kier alpha value is -0.870. The number of imidazole rings is 1. The number of aryl methyl sites for hydroxylation is 1. The van der Waals surface area contributed by atoms with Crippen LogP contribution >= 0.6 is 11.3 Å². The highest BCUT2D eigenvalue weighted by Gasteiger charge is 2.39. The van der Waals surface area contributed by atoms with Gasteiger partial charge in [0, 0.05) is 4.88 Å². The molecular weight excluding hydrogens is 232 g/mol. The van der Waals surface area contributed by atoms with Gasteiger partial charge in [0.2, 0.25) is 0 Å². The van der Waals surface area contributed by atoms with Crippen molar-refractivity contribution in [2.24, 2.45) is 5.41 Å². The molecule has 0 aliphatic heterocycles. The van der Waals surface area contributed by atoms with Crippen molar-refractivity contribution < 1.29 is 5.11 Å². The average Bonchev–Trinajstić information content (AvgIpc) is 2.93. The molecule has 1 unspecified atom stereocenters. The molecule has 92 valence electrons. The van der Waals surface area contributed by atoms with Crippen LogP contribution in [0, 0.1) is 12.3 Å². The number of hydrogen-bond donors (Lipinski definition) is 1. The molecule has 0 aromatic carbocycles. The highest BCUT2D eigenvalue weighted by atomic mass is 32.1. The van der Waals surface area contributed by atoms with Crippen molar-refractivity contribution in [2.75, 3.05) is 0 Å². The normalized spacial score (nSPS) is 21.1. The third-order valence-corrected chi connectivity index (χ3v) is 5.17. The molecule has 1 N–H and O–H groups in total. The van der Waals surface area contributed by atoms with Gasteiger partial charge < -0.3 is 5.11 Å². The largest absolute Gasteiger partial charge is 0.386 e. The molecule has 2 aromatic heterocycles. The zero-order valence-corrected chi connectivity index (χ0v) is 11.1. The van der Waals surface area contributed by atoms with Gasteiger partial charge in [-0.25, -0.2) is 4.98 Å². The van der Waals surface area contributed by atoms with Gasteiger partial charge in [-0.05, 0) is 25.2 Å². The smallest absolute Gasteiger partial charge is 0.120 e. The highest BCUT2D eigenvalue weighted by Crippen LogP contribution is 2.48. The molecule has 2 heterocycles. The zero-order valence-electron chi connectivity index (χ0n) is 10.3. The van der Waals surface area contributed by atoms with Crippen LogP contribution in [0.3, 0.4) is 0 Å². The van der Waals surface area contributed by atoms with Gasteiger partial charge in [0.15, 0.2) is 0 Å². The molecule has 0 amide bonds. The van der Waals surface area contributed by atoms with E-state index in [1.54, 1.807) is 11.3 Å². The number of nitrogens with zero attached hydrogens (tertiary/aromatic N) is 2. The number of rotatable bonds is 2. The van der Waals surface area contributed by atoms with E-state index < -0.39 is 0 Å². The van der Waals surface area contributed by atoms with Crippen LogP contribution < -0.4 is 0 Å². The van der Waals surface area contributed by atoms with Crippen molar-refractivity contribution in [1.29, 1.82) is 0 Å². The van der Waals surface area contributed by atoms with Gasteiger partial charge in [-0.15, -0.1) is 11.3 Å². The quantitative estimate of drug-likeness (QED) is 0.887. The minimum Gasteiger partial charge on any atom is -0.386 e. The van der Waals surface area contributed by atoms with Crippen LogP contribution in [0.25, 0.3) is 4.83 Å². The van der Waals surface area contributed by atoms with Crippen LogP contribution in [0.4, 0.5) is 0 Å². The second-order valence-corrected chi connectivity index (χ2v) is 6.64. The summed E-state index contributed by atoms with van der Waals surface area (Å²) in [7, 11) is 0. The molecule has 3 nitrogen and oxygen atoms in total. The van der Waals surface area contributed by atoms with E-state index in [4.69, 9.17) is 0 Å². The van der Waals surface area contributed by atoms with E-state index >= 15 is 0 Å². The molecule has 0 saturated heterocycles. The Balaban J connectivity index is 2.08. The Labute approximate surface area is 105 Å². The van der Waals surface area contributed by atoms with Gasteiger partial charge in [0.1, 0.15) is 17.3 Å². The Bertz CT molecular complexity index is 537. The van der Waals surface area contributed by atoms with Crippen LogP contribution in [0.5, 0.6) is 0 Å². The van der Waals surface area contributed by atoms with E-state index in [1.807, 2.05) is 16.9 Å². The van der Waals surface area contributed by atoms with Crippen molar-refractivity contribution in [3.8, 4) is 0 Å². The zero-order chi connectivity index (χ0) is 12.0.